The van der Waals surface area contributed by atoms with E-state index in [0.717, 1.165) is 22.4 Å². The molecule has 1 unspecified atom stereocenters. The molecular weight excluding hydrogens is 332 g/mol. The summed E-state index contributed by atoms with van der Waals surface area (Å²) in [6.45, 7) is 1.93. The molecule has 2 aromatic carbocycles. The standard InChI is InChI=1S/C21H19ClN2O/c1-15-7-8-16(14-23-15)13-20(25)24-21(17-5-3-2-4-6-17)18-9-11-19(22)12-10-18/h2-12,14,21H,13H2,1H3,(H,24,25). The maximum Gasteiger partial charge on any atom is 0.225 e. The van der Waals surface area contributed by atoms with Gasteiger partial charge in [-0.25, -0.2) is 0 Å². The predicted molar refractivity (Wildman–Crippen MR) is 101 cm³/mol. The maximum absolute atomic E-state index is 12.6. The van der Waals surface area contributed by atoms with Gasteiger partial charge in [0.05, 0.1) is 12.5 Å². The Kier molecular flexibility index (Phi) is 5.46. The number of benzene rings is 2. The molecule has 126 valence electrons. The molecule has 1 amide bonds. The quantitative estimate of drug-likeness (QED) is 0.736. The van der Waals surface area contributed by atoms with Crippen molar-refractivity contribution in [2.24, 2.45) is 0 Å². The highest BCUT2D eigenvalue weighted by Crippen LogP contribution is 2.23. The average Bonchev–Trinajstić information content (AvgIpc) is 2.63. The van der Waals surface area contributed by atoms with E-state index in [1.54, 1.807) is 6.20 Å². The molecule has 0 aliphatic rings. The molecule has 3 aromatic rings. The fourth-order valence-electron chi connectivity index (χ4n) is 2.66. The molecule has 0 radical (unpaired) electrons. The Morgan fingerprint density at radius 3 is 2.32 bits per heavy atom. The molecule has 1 heterocycles. The number of carbonyl (C=O) groups excluding carboxylic acids is 1. The molecule has 0 saturated heterocycles. The van der Waals surface area contributed by atoms with Crippen molar-refractivity contribution in [2.45, 2.75) is 19.4 Å². The van der Waals surface area contributed by atoms with E-state index in [1.807, 2.05) is 73.7 Å². The summed E-state index contributed by atoms with van der Waals surface area (Å²) in [5.74, 6) is -0.0468. The third kappa shape index (κ3) is 4.68. The first-order valence-electron chi connectivity index (χ1n) is 8.13. The van der Waals surface area contributed by atoms with Crippen molar-refractivity contribution >= 4 is 17.5 Å². The van der Waals surface area contributed by atoms with Gasteiger partial charge in [-0.3, -0.25) is 9.78 Å². The highest BCUT2D eigenvalue weighted by Gasteiger charge is 2.17. The van der Waals surface area contributed by atoms with E-state index >= 15 is 0 Å². The lowest BCUT2D eigenvalue weighted by Crippen LogP contribution is -2.30. The highest BCUT2D eigenvalue weighted by molar-refractivity contribution is 6.30. The van der Waals surface area contributed by atoms with E-state index in [9.17, 15) is 4.79 Å². The van der Waals surface area contributed by atoms with Crippen LogP contribution in [0.25, 0.3) is 0 Å². The largest absolute Gasteiger partial charge is 0.345 e. The second-order valence-corrected chi connectivity index (χ2v) is 6.38. The summed E-state index contributed by atoms with van der Waals surface area (Å²) in [5.41, 5.74) is 3.85. The van der Waals surface area contributed by atoms with E-state index in [0.29, 0.717) is 11.4 Å². The van der Waals surface area contributed by atoms with Gasteiger partial charge in [0.1, 0.15) is 0 Å². The minimum absolute atomic E-state index is 0.0468. The summed E-state index contributed by atoms with van der Waals surface area (Å²) in [6, 6.07) is 21.1. The fourth-order valence-corrected chi connectivity index (χ4v) is 2.79. The van der Waals surface area contributed by atoms with Crippen molar-refractivity contribution in [3.63, 3.8) is 0 Å². The van der Waals surface area contributed by atoms with Gasteiger partial charge in [0.25, 0.3) is 0 Å². The summed E-state index contributed by atoms with van der Waals surface area (Å²) in [4.78, 5) is 16.8. The first kappa shape index (κ1) is 17.2. The van der Waals surface area contributed by atoms with Crippen LogP contribution in [0.15, 0.2) is 72.9 Å². The molecule has 25 heavy (non-hydrogen) atoms. The third-order valence-electron chi connectivity index (χ3n) is 3.98. The zero-order valence-corrected chi connectivity index (χ0v) is 14.7. The highest BCUT2D eigenvalue weighted by atomic mass is 35.5. The minimum Gasteiger partial charge on any atom is -0.345 e. The van der Waals surface area contributed by atoms with E-state index in [2.05, 4.69) is 10.3 Å². The molecule has 1 N–H and O–H groups in total. The lowest BCUT2D eigenvalue weighted by Gasteiger charge is -2.20. The molecule has 0 saturated carbocycles. The van der Waals surface area contributed by atoms with Gasteiger partial charge in [0, 0.05) is 16.9 Å². The van der Waals surface area contributed by atoms with Crippen LogP contribution in [0, 0.1) is 6.92 Å². The Balaban J connectivity index is 1.81. The topological polar surface area (TPSA) is 42.0 Å². The van der Waals surface area contributed by atoms with Crippen molar-refractivity contribution in [3.8, 4) is 0 Å². The smallest absolute Gasteiger partial charge is 0.225 e. The Hall–Kier alpha value is -2.65. The van der Waals surface area contributed by atoms with Gasteiger partial charge in [-0.15, -0.1) is 0 Å². The number of pyridine rings is 1. The predicted octanol–water partition coefficient (Wildman–Crippen LogP) is 4.49. The average molecular weight is 351 g/mol. The molecule has 1 aromatic heterocycles. The van der Waals surface area contributed by atoms with Crippen LogP contribution in [0.3, 0.4) is 0 Å². The normalized spacial score (nSPS) is 11.8. The zero-order valence-electron chi connectivity index (χ0n) is 13.9. The molecule has 0 bridgehead atoms. The van der Waals surface area contributed by atoms with Crippen molar-refractivity contribution in [1.82, 2.24) is 10.3 Å². The van der Waals surface area contributed by atoms with Crippen LogP contribution in [0.5, 0.6) is 0 Å². The minimum atomic E-state index is -0.218. The van der Waals surface area contributed by atoms with Gasteiger partial charge < -0.3 is 5.32 Å². The van der Waals surface area contributed by atoms with Crippen molar-refractivity contribution < 1.29 is 4.79 Å². The van der Waals surface area contributed by atoms with Crippen LogP contribution < -0.4 is 5.32 Å². The Morgan fingerprint density at radius 1 is 1.00 bits per heavy atom. The maximum atomic E-state index is 12.6. The first-order valence-corrected chi connectivity index (χ1v) is 8.51. The Morgan fingerprint density at radius 2 is 1.68 bits per heavy atom. The molecule has 1 atom stereocenters. The third-order valence-corrected chi connectivity index (χ3v) is 4.23. The van der Waals surface area contributed by atoms with Gasteiger partial charge in [0.15, 0.2) is 0 Å². The molecule has 0 aliphatic heterocycles. The molecular formula is C21H19ClN2O. The monoisotopic (exact) mass is 350 g/mol. The number of hydrogen-bond acceptors (Lipinski definition) is 2. The lowest BCUT2D eigenvalue weighted by molar-refractivity contribution is -0.120. The zero-order chi connectivity index (χ0) is 17.6. The van der Waals surface area contributed by atoms with Gasteiger partial charge >= 0.3 is 0 Å². The number of amides is 1. The Bertz CT molecular complexity index is 830. The van der Waals surface area contributed by atoms with Crippen LogP contribution >= 0.6 is 11.6 Å². The van der Waals surface area contributed by atoms with Crippen LogP contribution in [0.1, 0.15) is 28.4 Å². The van der Waals surface area contributed by atoms with E-state index in [4.69, 9.17) is 11.6 Å². The van der Waals surface area contributed by atoms with E-state index in [-0.39, 0.29) is 11.9 Å². The van der Waals surface area contributed by atoms with Crippen molar-refractivity contribution in [3.05, 3.63) is 100 Å². The van der Waals surface area contributed by atoms with Gasteiger partial charge in [0.2, 0.25) is 5.91 Å². The molecule has 3 rings (SSSR count). The summed E-state index contributed by atoms with van der Waals surface area (Å²) < 4.78 is 0. The van der Waals surface area contributed by atoms with Crippen LogP contribution in [0.4, 0.5) is 0 Å². The van der Waals surface area contributed by atoms with Crippen molar-refractivity contribution in [2.75, 3.05) is 0 Å². The molecule has 0 spiro atoms. The second-order valence-electron chi connectivity index (χ2n) is 5.95. The van der Waals surface area contributed by atoms with Gasteiger partial charge in [-0.2, -0.15) is 0 Å². The summed E-state index contributed by atoms with van der Waals surface area (Å²) in [6.07, 6.45) is 2.04. The molecule has 4 heteroatoms. The number of nitrogens with zero attached hydrogens (tertiary/aromatic N) is 1. The number of halogens is 1. The Labute approximate surface area is 152 Å². The fraction of sp³-hybridized carbons (Fsp3) is 0.143. The number of hydrogen-bond donors (Lipinski definition) is 1. The van der Waals surface area contributed by atoms with E-state index in [1.165, 1.54) is 0 Å². The summed E-state index contributed by atoms with van der Waals surface area (Å²) in [7, 11) is 0. The summed E-state index contributed by atoms with van der Waals surface area (Å²) >= 11 is 5.99. The van der Waals surface area contributed by atoms with E-state index < -0.39 is 0 Å². The number of carbonyl (C=O) groups is 1. The van der Waals surface area contributed by atoms with Gasteiger partial charge in [-0.05, 0) is 41.8 Å². The summed E-state index contributed by atoms with van der Waals surface area (Å²) in [5, 5.41) is 3.80. The van der Waals surface area contributed by atoms with Crippen LogP contribution in [0.2, 0.25) is 5.02 Å². The lowest BCUT2D eigenvalue weighted by atomic mass is 9.98. The number of rotatable bonds is 5. The van der Waals surface area contributed by atoms with Crippen molar-refractivity contribution in [1.29, 1.82) is 0 Å². The number of nitrogens with one attached hydrogen (secondary N) is 1. The van der Waals surface area contributed by atoms with Crippen LogP contribution in [-0.4, -0.2) is 10.9 Å². The number of aromatic nitrogens is 1. The van der Waals surface area contributed by atoms with Gasteiger partial charge in [-0.1, -0.05) is 60.1 Å². The SMILES string of the molecule is Cc1ccc(CC(=O)NC(c2ccccc2)c2ccc(Cl)cc2)cn1. The molecule has 3 nitrogen and oxygen atoms in total. The first-order chi connectivity index (χ1) is 12.1. The second kappa shape index (κ2) is 7.95. The van der Waals surface area contributed by atoms with Crippen LogP contribution in [-0.2, 0) is 11.2 Å². The molecule has 0 aliphatic carbocycles. The number of aryl methyl sites for hydroxylation is 1. The molecule has 0 fully saturated rings.